The molecule has 21 heavy (non-hydrogen) atoms. The minimum atomic E-state index is 0.563. The molecule has 0 atom stereocenters. The summed E-state index contributed by atoms with van der Waals surface area (Å²) in [6.45, 7) is 4.98. The summed E-state index contributed by atoms with van der Waals surface area (Å²) in [6, 6.07) is 8.09. The van der Waals surface area contributed by atoms with E-state index >= 15 is 0 Å². The second-order valence-electron chi connectivity index (χ2n) is 4.62. The summed E-state index contributed by atoms with van der Waals surface area (Å²) < 4.78 is 21.1. The molecule has 0 aromatic heterocycles. The molecule has 0 aliphatic rings. The predicted molar refractivity (Wildman–Crippen MR) is 82.8 cm³/mol. The van der Waals surface area contributed by atoms with Gasteiger partial charge in [-0.25, -0.2) is 0 Å². The highest BCUT2D eigenvalue weighted by Gasteiger charge is 1.97. The van der Waals surface area contributed by atoms with Crippen LogP contribution in [0.3, 0.4) is 0 Å². The van der Waals surface area contributed by atoms with Crippen LogP contribution >= 0.6 is 0 Å². The van der Waals surface area contributed by atoms with Gasteiger partial charge in [-0.05, 0) is 24.1 Å². The van der Waals surface area contributed by atoms with Gasteiger partial charge in [0.05, 0.1) is 13.2 Å². The molecule has 0 heterocycles. The average Bonchev–Trinajstić information content (AvgIpc) is 2.51. The van der Waals surface area contributed by atoms with E-state index in [4.69, 9.17) is 18.9 Å². The van der Waals surface area contributed by atoms with Crippen LogP contribution in [0.2, 0.25) is 0 Å². The maximum Gasteiger partial charge on any atom is 0.119 e. The van der Waals surface area contributed by atoms with Crippen LogP contribution in [0.25, 0.3) is 0 Å². The molecule has 0 bridgehead atoms. The third-order valence-corrected chi connectivity index (χ3v) is 2.84. The van der Waals surface area contributed by atoms with Crippen LogP contribution in [0.4, 0.5) is 0 Å². The largest absolute Gasteiger partial charge is 0.491 e. The summed E-state index contributed by atoms with van der Waals surface area (Å²) in [5.41, 5.74) is 1.20. The quantitative estimate of drug-likeness (QED) is 0.563. The van der Waals surface area contributed by atoms with Crippen molar-refractivity contribution in [3.05, 3.63) is 29.8 Å². The van der Waals surface area contributed by atoms with Gasteiger partial charge >= 0.3 is 0 Å². The standard InChI is InChI=1S/C16H27NO4/c1-18-8-4-9-20-11-12-21-16-6-3-5-15(13-16)14-17-7-10-19-2/h3,5-6,13,17H,4,7-12,14H2,1-2H3. The zero-order valence-corrected chi connectivity index (χ0v) is 13.1. The van der Waals surface area contributed by atoms with Crippen molar-refractivity contribution >= 4 is 0 Å². The van der Waals surface area contributed by atoms with Crippen molar-refractivity contribution in [1.29, 1.82) is 0 Å². The van der Waals surface area contributed by atoms with E-state index < -0.39 is 0 Å². The van der Waals surface area contributed by atoms with E-state index in [1.807, 2.05) is 18.2 Å². The van der Waals surface area contributed by atoms with Crippen molar-refractivity contribution < 1.29 is 18.9 Å². The molecule has 0 saturated heterocycles. The highest BCUT2D eigenvalue weighted by Crippen LogP contribution is 2.13. The van der Waals surface area contributed by atoms with Crippen molar-refractivity contribution in [2.24, 2.45) is 0 Å². The highest BCUT2D eigenvalue weighted by molar-refractivity contribution is 5.28. The Balaban J connectivity index is 2.14. The summed E-state index contributed by atoms with van der Waals surface area (Å²) >= 11 is 0. The average molecular weight is 297 g/mol. The Morgan fingerprint density at radius 2 is 1.81 bits per heavy atom. The van der Waals surface area contributed by atoms with Crippen LogP contribution in [0.1, 0.15) is 12.0 Å². The Hall–Kier alpha value is -1.14. The Kier molecular flexibility index (Phi) is 10.7. The first-order valence-electron chi connectivity index (χ1n) is 7.35. The van der Waals surface area contributed by atoms with Crippen molar-refractivity contribution in [2.45, 2.75) is 13.0 Å². The molecule has 0 spiro atoms. The molecule has 0 fully saturated rings. The van der Waals surface area contributed by atoms with Gasteiger partial charge in [-0.2, -0.15) is 0 Å². The summed E-state index contributed by atoms with van der Waals surface area (Å²) in [4.78, 5) is 0. The molecule has 0 radical (unpaired) electrons. The number of nitrogens with one attached hydrogen (secondary N) is 1. The Bertz CT molecular complexity index is 360. The fourth-order valence-electron chi connectivity index (χ4n) is 1.78. The van der Waals surface area contributed by atoms with Gasteiger partial charge in [0.2, 0.25) is 0 Å². The molecular weight excluding hydrogens is 270 g/mol. The molecule has 5 heteroatoms. The molecule has 1 aromatic carbocycles. The minimum absolute atomic E-state index is 0.563. The van der Waals surface area contributed by atoms with Crippen molar-refractivity contribution in [2.75, 3.05) is 53.8 Å². The molecule has 0 saturated carbocycles. The zero-order valence-electron chi connectivity index (χ0n) is 13.1. The van der Waals surface area contributed by atoms with Crippen molar-refractivity contribution in [3.8, 4) is 5.75 Å². The number of hydrogen-bond donors (Lipinski definition) is 1. The van der Waals surface area contributed by atoms with Crippen LogP contribution in [0.15, 0.2) is 24.3 Å². The highest BCUT2D eigenvalue weighted by atomic mass is 16.5. The first-order valence-corrected chi connectivity index (χ1v) is 7.35. The molecule has 0 unspecified atom stereocenters. The Morgan fingerprint density at radius 1 is 0.952 bits per heavy atom. The van der Waals surface area contributed by atoms with Crippen molar-refractivity contribution in [3.63, 3.8) is 0 Å². The molecule has 0 aliphatic carbocycles. The van der Waals surface area contributed by atoms with Gasteiger partial charge in [-0.3, -0.25) is 0 Å². The van der Waals surface area contributed by atoms with Gasteiger partial charge < -0.3 is 24.3 Å². The monoisotopic (exact) mass is 297 g/mol. The first-order chi connectivity index (χ1) is 10.4. The third-order valence-electron chi connectivity index (χ3n) is 2.84. The fourth-order valence-corrected chi connectivity index (χ4v) is 1.78. The molecular formula is C16H27NO4. The van der Waals surface area contributed by atoms with E-state index in [1.54, 1.807) is 14.2 Å². The maximum absolute atomic E-state index is 5.67. The third kappa shape index (κ3) is 9.42. The number of ether oxygens (including phenoxy) is 4. The minimum Gasteiger partial charge on any atom is -0.491 e. The van der Waals surface area contributed by atoms with Crippen LogP contribution in [0, 0.1) is 0 Å². The molecule has 0 amide bonds. The summed E-state index contributed by atoms with van der Waals surface area (Å²) in [6.07, 6.45) is 0.916. The van der Waals surface area contributed by atoms with E-state index in [1.165, 1.54) is 5.56 Å². The lowest BCUT2D eigenvalue weighted by Gasteiger charge is -2.09. The normalized spacial score (nSPS) is 10.8. The lowest BCUT2D eigenvalue weighted by atomic mass is 10.2. The molecule has 1 N–H and O–H groups in total. The van der Waals surface area contributed by atoms with Gasteiger partial charge in [0, 0.05) is 40.5 Å². The predicted octanol–water partition coefficient (Wildman–Crippen LogP) is 1.85. The number of rotatable bonds is 13. The van der Waals surface area contributed by atoms with Gasteiger partial charge in [-0.1, -0.05) is 12.1 Å². The van der Waals surface area contributed by atoms with E-state index in [2.05, 4.69) is 11.4 Å². The molecule has 120 valence electrons. The lowest BCUT2D eigenvalue weighted by molar-refractivity contribution is 0.0806. The maximum atomic E-state index is 5.67. The zero-order chi connectivity index (χ0) is 15.2. The summed E-state index contributed by atoms with van der Waals surface area (Å²) in [7, 11) is 3.40. The molecule has 0 aliphatic heterocycles. The number of benzene rings is 1. The van der Waals surface area contributed by atoms with Gasteiger partial charge in [0.1, 0.15) is 12.4 Å². The SMILES string of the molecule is COCCCOCCOc1cccc(CNCCOC)c1. The lowest BCUT2D eigenvalue weighted by Crippen LogP contribution is -2.18. The van der Waals surface area contributed by atoms with Crippen molar-refractivity contribution in [1.82, 2.24) is 5.32 Å². The van der Waals surface area contributed by atoms with Gasteiger partial charge in [0.15, 0.2) is 0 Å². The van der Waals surface area contributed by atoms with E-state index in [-0.39, 0.29) is 0 Å². The number of hydrogen-bond acceptors (Lipinski definition) is 5. The van der Waals surface area contributed by atoms with Crippen LogP contribution < -0.4 is 10.1 Å². The van der Waals surface area contributed by atoms with E-state index in [0.29, 0.717) is 19.8 Å². The van der Waals surface area contributed by atoms with Gasteiger partial charge in [-0.15, -0.1) is 0 Å². The summed E-state index contributed by atoms with van der Waals surface area (Å²) in [5.74, 6) is 0.876. The molecule has 5 nitrogen and oxygen atoms in total. The van der Waals surface area contributed by atoms with Gasteiger partial charge in [0.25, 0.3) is 0 Å². The second kappa shape index (κ2) is 12.6. The Labute approximate surface area is 127 Å². The number of methoxy groups -OCH3 is 2. The van der Waals surface area contributed by atoms with Crippen LogP contribution in [-0.4, -0.2) is 53.8 Å². The fraction of sp³-hybridized carbons (Fsp3) is 0.625. The van der Waals surface area contributed by atoms with Crippen LogP contribution in [0.5, 0.6) is 5.75 Å². The second-order valence-corrected chi connectivity index (χ2v) is 4.62. The van der Waals surface area contributed by atoms with Crippen LogP contribution in [-0.2, 0) is 20.8 Å². The molecule has 1 rings (SSSR count). The first kappa shape index (κ1) is 17.9. The topological polar surface area (TPSA) is 49.0 Å². The smallest absolute Gasteiger partial charge is 0.119 e. The van der Waals surface area contributed by atoms with E-state index in [9.17, 15) is 0 Å². The molecule has 1 aromatic rings. The summed E-state index contributed by atoms with van der Waals surface area (Å²) in [5, 5.41) is 3.31. The Morgan fingerprint density at radius 3 is 2.62 bits per heavy atom. The van der Waals surface area contributed by atoms with E-state index in [0.717, 1.165) is 38.5 Å².